The number of aliphatic carboxylic acids is 1. The van der Waals surface area contributed by atoms with Crippen LogP contribution in [0.1, 0.15) is 23.2 Å². The summed E-state index contributed by atoms with van der Waals surface area (Å²) in [6, 6.07) is 5.94. The van der Waals surface area contributed by atoms with Crippen molar-refractivity contribution < 1.29 is 19.8 Å². The monoisotopic (exact) mass is 235 g/mol. The number of carboxylic acid groups (broad SMARTS) is 1. The van der Waals surface area contributed by atoms with Crippen LogP contribution in [0.3, 0.4) is 0 Å². The van der Waals surface area contributed by atoms with Crippen LogP contribution in [0.15, 0.2) is 24.3 Å². The van der Waals surface area contributed by atoms with E-state index in [1.54, 1.807) is 12.1 Å². The first-order valence-corrected chi connectivity index (χ1v) is 5.34. The Kier molecular flexibility index (Phi) is 2.75. The minimum atomic E-state index is -0.867. The summed E-state index contributed by atoms with van der Waals surface area (Å²) < 4.78 is 0. The highest BCUT2D eigenvalue weighted by Crippen LogP contribution is 2.45. The van der Waals surface area contributed by atoms with Crippen LogP contribution in [0.2, 0.25) is 0 Å². The number of carbonyl (C=O) groups excluding carboxylic acids is 1. The van der Waals surface area contributed by atoms with Gasteiger partial charge in [-0.05, 0) is 31.0 Å². The van der Waals surface area contributed by atoms with Crippen LogP contribution in [0.5, 0.6) is 5.75 Å². The highest BCUT2D eigenvalue weighted by atomic mass is 16.4. The smallest absolute Gasteiger partial charge is 0.311 e. The van der Waals surface area contributed by atoms with Crippen molar-refractivity contribution in [3.05, 3.63) is 29.8 Å². The fourth-order valence-corrected chi connectivity index (χ4v) is 1.62. The summed E-state index contributed by atoms with van der Waals surface area (Å²) in [6.07, 6.45) is 1.20. The number of phenols is 1. The van der Waals surface area contributed by atoms with Gasteiger partial charge in [-0.3, -0.25) is 9.59 Å². The van der Waals surface area contributed by atoms with Gasteiger partial charge in [0.25, 0.3) is 5.91 Å². The Morgan fingerprint density at radius 3 is 2.59 bits per heavy atom. The Balaban J connectivity index is 1.96. The molecule has 0 heterocycles. The third-order valence-corrected chi connectivity index (χ3v) is 3.00. The predicted molar refractivity (Wildman–Crippen MR) is 59.7 cm³/mol. The zero-order valence-electron chi connectivity index (χ0n) is 9.14. The molecule has 1 aromatic rings. The van der Waals surface area contributed by atoms with E-state index < -0.39 is 11.4 Å². The Morgan fingerprint density at radius 2 is 2.06 bits per heavy atom. The summed E-state index contributed by atoms with van der Waals surface area (Å²) in [5, 5.41) is 20.7. The molecule has 0 aliphatic heterocycles. The normalized spacial score (nSPS) is 16.2. The van der Waals surface area contributed by atoms with Crippen LogP contribution in [-0.4, -0.2) is 28.6 Å². The van der Waals surface area contributed by atoms with E-state index >= 15 is 0 Å². The number of hydrogen-bond acceptors (Lipinski definition) is 3. The van der Waals surface area contributed by atoms with Crippen molar-refractivity contribution >= 4 is 11.9 Å². The van der Waals surface area contributed by atoms with Crippen molar-refractivity contribution in [2.75, 3.05) is 6.54 Å². The second-order valence-electron chi connectivity index (χ2n) is 4.32. The van der Waals surface area contributed by atoms with Crippen molar-refractivity contribution in [3.63, 3.8) is 0 Å². The molecule has 3 N–H and O–H groups in total. The van der Waals surface area contributed by atoms with Gasteiger partial charge in [-0.2, -0.15) is 0 Å². The molecule has 1 fully saturated rings. The van der Waals surface area contributed by atoms with E-state index in [2.05, 4.69) is 5.32 Å². The fraction of sp³-hybridized carbons (Fsp3) is 0.333. The maximum absolute atomic E-state index is 11.7. The Hall–Kier alpha value is -2.04. The van der Waals surface area contributed by atoms with Gasteiger partial charge in [0.2, 0.25) is 0 Å². The summed E-state index contributed by atoms with van der Waals surface area (Å²) >= 11 is 0. The molecule has 1 aliphatic carbocycles. The first kappa shape index (κ1) is 11.4. The van der Waals surface area contributed by atoms with E-state index in [1.807, 2.05) is 0 Å². The molecule has 0 saturated heterocycles. The maximum Gasteiger partial charge on any atom is 0.311 e. The number of amides is 1. The highest BCUT2D eigenvalue weighted by molar-refractivity contribution is 5.95. The largest absolute Gasteiger partial charge is 0.508 e. The number of nitrogens with one attached hydrogen (secondary N) is 1. The van der Waals surface area contributed by atoms with E-state index in [1.165, 1.54) is 12.1 Å². The third-order valence-electron chi connectivity index (χ3n) is 3.00. The van der Waals surface area contributed by atoms with Gasteiger partial charge >= 0.3 is 5.97 Å². The van der Waals surface area contributed by atoms with Crippen LogP contribution in [0.4, 0.5) is 0 Å². The number of carbonyl (C=O) groups is 2. The molecule has 1 saturated carbocycles. The van der Waals surface area contributed by atoms with Crippen molar-refractivity contribution in [1.29, 1.82) is 0 Å². The summed E-state index contributed by atoms with van der Waals surface area (Å²) in [5.74, 6) is -1.22. The Bertz CT molecular complexity index is 465. The third kappa shape index (κ3) is 2.38. The van der Waals surface area contributed by atoms with E-state index in [0.29, 0.717) is 18.4 Å². The highest BCUT2D eigenvalue weighted by Gasteiger charge is 2.50. The number of phenolic OH excluding ortho intramolecular Hbond substituents is 1. The summed E-state index contributed by atoms with van der Waals surface area (Å²) in [4.78, 5) is 22.6. The number of benzene rings is 1. The lowest BCUT2D eigenvalue weighted by Gasteiger charge is -2.11. The second-order valence-corrected chi connectivity index (χ2v) is 4.32. The predicted octanol–water partition coefficient (Wildman–Crippen LogP) is 0.987. The zero-order chi connectivity index (χ0) is 12.5. The molecule has 0 bridgehead atoms. The maximum atomic E-state index is 11.7. The lowest BCUT2D eigenvalue weighted by atomic mass is 10.1. The van der Waals surface area contributed by atoms with Gasteiger partial charge < -0.3 is 15.5 Å². The quantitative estimate of drug-likeness (QED) is 0.726. The number of rotatable bonds is 4. The molecule has 1 amide bonds. The van der Waals surface area contributed by atoms with Crippen LogP contribution in [-0.2, 0) is 4.79 Å². The summed E-state index contributed by atoms with van der Waals surface area (Å²) in [7, 11) is 0. The van der Waals surface area contributed by atoms with Gasteiger partial charge in [-0.15, -0.1) is 0 Å². The molecular weight excluding hydrogens is 222 g/mol. The molecule has 17 heavy (non-hydrogen) atoms. The molecule has 0 spiro atoms. The van der Waals surface area contributed by atoms with Gasteiger partial charge in [-0.25, -0.2) is 0 Å². The lowest BCUT2D eigenvalue weighted by molar-refractivity contribution is -0.143. The van der Waals surface area contributed by atoms with Gasteiger partial charge in [0.15, 0.2) is 0 Å². The van der Waals surface area contributed by atoms with E-state index in [9.17, 15) is 14.7 Å². The minimum Gasteiger partial charge on any atom is -0.508 e. The minimum absolute atomic E-state index is 0.0111. The van der Waals surface area contributed by atoms with Gasteiger partial charge in [0.1, 0.15) is 5.75 Å². The van der Waals surface area contributed by atoms with E-state index in [4.69, 9.17) is 5.11 Å². The Morgan fingerprint density at radius 1 is 1.35 bits per heavy atom. The first-order valence-electron chi connectivity index (χ1n) is 5.34. The van der Waals surface area contributed by atoms with E-state index in [-0.39, 0.29) is 18.2 Å². The van der Waals surface area contributed by atoms with Crippen LogP contribution in [0.25, 0.3) is 0 Å². The van der Waals surface area contributed by atoms with Crippen molar-refractivity contribution in [2.24, 2.45) is 5.41 Å². The first-order chi connectivity index (χ1) is 8.03. The molecule has 0 atom stereocenters. The lowest BCUT2D eigenvalue weighted by Crippen LogP contribution is -2.34. The molecule has 0 radical (unpaired) electrons. The average molecular weight is 235 g/mol. The van der Waals surface area contributed by atoms with Crippen molar-refractivity contribution in [1.82, 2.24) is 5.32 Å². The molecule has 5 heteroatoms. The number of aromatic hydroxyl groups is 1. The van der Waals surface area contributed by atoms with Gasteiger partial charge in [0, 0.05) is 12.1 Å². The van der Waals surface area contributed by atoms with Crippen molar-refractivity contribution in [3.8, 4) is 5.75 Å². The molecule has 5 nitrogen and oxygen atoms in total. The van der Waals surface area contributed by atoms with Gasteiger partial charge in [0.05, 0.1) is 5.41 Å². The van der Waals surface area contributed by atoms with Gasteiger partial charge in [-0.1, -0.05) is 6.07 Å². The standard InChI is InChI=1S/C12H13NO4/c14-9-3-1-2-8(6-9)10(15)13-7-12(4-5-12)11(16)17/h1-3,6,14H,4-5,7H2,(H,13,15)(H,16,17). The summed E-state index contributed by atoms with van der Waals surface area (Å²) in [6.45, 7) is 0.136. The molecule has 0 aromatic heterocycles. The molecular formula is C12H13NO4. The molecule has 90 valence electrons. The summed E-state index contributed by atoms with van der Waals surface area (Å²) in [5.41, 5.74) is -0.446. The molecule has 0 unspecified atom stereocenters. The number of carboxylic acids is 1. The molecule has 1 aromatic carbocycles. The topological polar surface area (TPSA) is 86.6 Å². The SMILES string of the molecule is O=C(NCC1(C(=O)O)CC1)c1cccc(O)c1. The van der Waals surface area contributed by atoms with Crippen LogP contribution >= 0.6 is 0 Å². The zero-order valence-corrected chi connectivity index (χ0v) is 9.14. The average Bonchev–Trinajstić information content (AvgIpc) is 3.07. The van der Waals surface area contributed by atoms with E-state index in [0.717, 1.165) is 0 Å². The number of hydrogen-bond donors (Lipinski definition) is 3. The molecule has 2 rings (SSSR count). The Labute approximate surface area is 98.1 Å². The fourth-order valence-electron chi connectivity index (χ4n) is 1.62. The second kappa shape index (κ2) is 4.08. The molecule has 1 aliphatic rings. The van der Waals surface area contributed by atoms with Crippen molar-refractivity contribution in [2.45, 2.75) is 12.8 Å². The van der Waals surface area contributed by atoms with Crippen LogP contribution < -0.4 is 5.32 Å². The van der Waals surface area contributed by atoms with Crippen LogP contribution in [0, 0.1) is 5.41 Å².